The third-order valence-electron chi connectivity index (χ3n) is 7.95. The van der Waals surface area contributed by atoms with E-state index in [9.17, 15) is 10.3 Å². The van der Waals surface area contributed by atoms with E-state index in [1.807, 2.05) is 0 Å². The molecule has 0 aliphatic rings. The molecule has 0 radical (unpaired) electrons. The number of allylic oxidation sites excluding steroid dienone is 4. The minimum Gasteiger partial charge on any atom is -0.411 e. The van der Waals surface area contributed by atoms with Gasteiger partial charge in [0.1, 0.15) is 0 Å². The van der Waals surface area contributed by atoms with Crippen molar-refractivity contribution in [3.05, 3.63) is 24.3 Å². The van der Waals surface area contributed by atoms with E-state index in [2.05, 4.69) is 43.3 Å². The van der Waals surface area contributed by atoms with Crippen molar-refractivity contribution in [3.8, 4) is 0 Å². The Labute approximate surface area is 245 Å². The van der Waals surface area contributed by atoms with Gasteiger partial charge in [-0.2, -0.15) is 0 Å². The van der Waals surface area contributed by atoms with Crippen LogP contribution in [0.1, 0.15) is 194 Å². The van der Waals surface area contributed by atoms with Crippen molar-refractivity contribution in [2.75, 3.05) is 0 Å². The largest absolute Gasteiger partial charge is 0.411 e. The van der Waals surface area contributed by atoms with Crippen LogP contribution in [0.5, 0.6) is 0 Å². The van der Waals surface area contributed by atoms with Gasteiger partial charge in [-0.05, 0) is 70.6 Å². The number of oxime groups is 1. The highest BCUT2D eigenvalue weighted by atomic mass is 16.4. The van der Waals surface area contributed by atoms with E-state index in [4.69, 9.17) is 0 Å². The normalized spacial score (nSPS) is 13.3. The summed E-state index contributed by atoms with van der Waals surface area (Å²) in [7, 11) is 0. The summed E-state index contributed by atoms with van der Waals surface area (Å²) in [4.78, 5) is 0. The molecule has 0 bridgehead atoms. The van der Waals surface area contributed by atoms with Gasteiger partial charge in [0.2, 0.25) is 0 Å². The van der Waals surface area contributed by atoms with Crippen molar-refractivity contribution in [3.63, 3.8) is 0 Å². The summed E-state index contributed by atoms with van der Waals surface area (Å²) in [5.74, 6) is 0. The smallest absolute Gasteiger partial charge is 0.0954 e. The van der Waals surface area contributed by atoms with Gasteiger partial charge in [0, 0.05) is 0 Å². The summed E-state index contributed by atoms with van der Waals surface area (Å²) in [5, 5.41) is 23.2. The van der Waals surface area contributed by atoms with Crippen LogP contribution >= 0.6 is 0 Å². The predicted octanol–water partition coefficient (Wildman–Crippen LogP) is 12.3. The SMILES string of the molecule is CCCCCCCC=CCCCCCCCCC(O)C(CCCCCCCC=CCCCCCCCC)=NO. The standard InChI is InChI=1S/C36H69NO2/c1-3-5-7-9-11-13-15-17-19-21-23-25-27-29-31-33-35(37-39)36(38)34-32-30-28-26-24-22-20-18-16-14-12-10-8-6-4-2/h16-19,36,38-39H,3-15,20-34H2,1-2H3. The Bertz CT molecular complexity index is 554. The maximum atomic E-state index is 10.4. The lowest BCUT2D eigenvalue weighted by atomic mass is 10.00. The predicted molar refractivity (Wildman–Crippen MR) is 174 cm³/mol. The molecule has 1 unspecified atom stereocenters. The van der Waals surface area contributed by atoms with Crippen LogP contribution < -0.4 is 0 Å². The molecule has 0 aromatic rings. The van der Waals surface area contributed by atoms with Crippen molar-refractivity contribution in [1.82, 2.24) is 0 Å². The van der Waals surface area contributed by atoms with Gasteiger partial charge < -0.3 is 10.3 Å². The summed E-state index contributed by atoms with van der Waals surface area (Å²) in [6.07, 6.45) is 43.7. The summed E-state index contributed by atoms with van der Waals surface area (Å²) < 4.78 is 0. The topological polar surface area (TPSA) is 52.8 Å². The Kier molecular flexibility index (Phi) is 32.2. The van der Waals surface area contributed by atoms with Gasteiger partial charge >= 0.3 is 0 Å². The average Bonchev–Trinajstić information content (AvgIpc) is 2.95. The van der Waals surface area contributed by atoms with Gasteiger partial charge in [-0.1, -0.05) is 152 Å². The Morgan fingerprint density at radius 1 is 0.487 bits per heavy atom. The second-order valence-electron chi connectivity index (χ2n) is 11.8. The fraction of sp³-hybridized carbons (Fsp3) is 0.861. The first-order chi connectivity index (χ1) is 19.3. The van der Waals surface area contributed by atoms with E-state index in [0.717, 1.165) is 38.5 Å². The molecule has 3 nitrogen and oxygen atoms in total. The summed E-state index contributed by atoms with van der Waals surface area (Å²) in [5.41, 5.74) is 0.588. The number of hydrogen-bond donors (Lipinski definition) is 2. The molecule has 0 saturated carbocycles. The molecule has 0 amide bonds. The number of hydrogen-bond acceptors (Lipinski definition) is 3. The molecule has 230 valence electrons. The van der Waals surface area contributed by atoms with E-state index in [1.165, 1.54) is 141 Å². The van der Waals surface area contributed by atoms with Gasteiger partial charge in [-0.3, -0.25) is 0 Å². The fourth-order valence-electron chi connectivity index (χ4n) is 5.24. The van der Waals surface area contributed by atoms with Crippen LogP contribution in [0, 0.1) is 0 Å². The molecule has 0 spiro atoms. The Hall–Kier alpha value is -1.09. The van der Waals surface area contributed by atoms with Crippen LogP contribution in [0.25, 0.3) is 0 Å². The molecule has 2 N–H and O–H groups in total. The number of nitrogens with zero attached hydrogens (tertiary/aromatic N) is 1. The van der Waals surface area contributed by atoms with E-state index in [-0.39, 0.29) is 0 Å². The quantitative estimate of drug-likeness (QED) is 0.0298. The van der Waals surface area contributed by atoms with Gasteiger partial charge in [-0.25, -0.2) is 0 Å². The molecule has 0 aliphatic heterocycles. The molecule has 1 atom stereocenters. The van der Waals surface area contributed by atoms with Crippen LogP contribution in [0.2, 0.25) is 0 Å². The Morgan fingerprint density at radius 3 is 1.21 bits per heavy atom. The van der Waals surface area contributed by atoms with Crippen LogP contribution in [-0.4, -0.2) is 22.1 Å². The molecule has 0 aromatic heterocycles. The first kappa shape index (κ1) is 37.9. The highest BCUT2D eigenvalue weighted by molar-refractivity contribution is 5.87. The van der Waals surface area contributed by atoms with Crippen molar-refractivity contribution < 1.29 is 10.3 Å². The van der Waals surface area contributed by atoms with Gasteiger partial charge in [0.15, 0.2) is 0 Å². The molecule has 39 heavy (non-hydrogen) atoms. The third kappa shape index (κ3) is 29.7. The zero-order valence-electron chi connectivity index (χ0n) is 26.5. The first-order valence-electron chi connectivity index (χ1n) is 17.4. The molecule has 0 rings (SSSR count). The summed E-state index contributed by atoms with van der Waals surface area (Å²) in [6, 6.07) is 0. The monoisotopic (exact) mass is 548 g/mol. The molecular weight excluding hydrogens is 478 g/mol. The van der Waals surface area contributed by atoms with Gasteiger partial charge in [0.05, 0.1) is 11.8 Å². The number of aliphatic hydroxyl groups is 1. The van der Waals surface area contributed by atoms with Crippen LogP contribution in [0.3, 0.4) is 0 Å². The first-order valence-corrected chi connectivity index (χ1v) is 17.4. The van der Waals surface area contributed by atoms with Crippen molar-refractivity contribution in [2.45, 2.75) is 200 Å². The minimum absolute atomic E-state index is 0.570. The van der Waals surface area contributed by atoms with Crippen LogP contribution in [-0.2, 0) is 0 Å². The molecule has 0 heterocycles. The molecule has 0 aromatic carbocycles. The number of rotatable bonds is 31. The highest BCUT2D eigenvalue weighted by Gasteiger charge is 2.12. The maximum Gasteiger partial charge on any atom is 0.0954 e. The van der Waals surface area contributed by atoms with E-state index >= 15 is 0 Å². The molecule has 0 fully saturated rings. The molecular formula is C36H69NO2. The highest BCUT2D eigenvalue weighted by Crippen LogP contribution is 2.15. The number of aliphatic hydroxyl groups excluding tert-OH is 1. The van der Waals surface area contributed by atoms with Gasteiger partial charge in [-0.15, -0.1) is 0 Å². The second kappa shape index (κ2) is 33.1. The zero-order chi connectivity index (χ0) is 28.5. The second-order valence-corrected chi connectivity index (χ2v) is 11.8. The average molecular weight is 548 g/mol. The third-order valence-corrected chi connectivity index (χ3v) is 7.95. The van der Waals surface area contributed by atoms with Crippen molar-refractivity contribution >= 4 is 5.71 Å². The summed E-state index contributed by atoms with van der Waals surface area (Å²) in [6.45, 7) is 4.54. The molecule has 0 saturated heterocycles. The van der Waals surface area contributed by atoms with Crippen molar-refractivity contribution in [1.29, 1.82) is 0 Å². The van der Waals surface area contributed by atoms with Crippen LogP contribution in [0.4, 0.5) is 0 Å². The van der Waals surface area contributed by atoms with Crippen LogP contribution in [0.15, 0.2) is 29.5 Å². The lowest BCUT2D eigenvalue weighted by molar-refractivity contribution is 0.213. The summed E-state index contributed by atoms with van der Waals surface area (Å²) >= 11 is 0. The Morgan fingerprint density at radius 2 is 0.821 bits per heavy atom. The molecule has 3 heteroatoms. The molecule has 0 aliphatic carbocycles. The number of unbranched alkanes of at least 4 members (excludes halogenated alkanes) is 22. The fourth-order valence-corrected chi connectivity index (χ4v) is 5.24. The zero-order valence-corrected chi connectivity index (χ0v) is 26.5. The van der Waals surface area contributed by atoms with E-state index in [0.29, 0.717) is 5.71 Å². The lowest BCUT2D eigenvalue weighted by Gasteiger charge is -2.12. The van der Waals surface area contributed by atoms with Gasteiger partial charge in [0.25, 0.3) is 0 Å². The van der Waals surface area contributed by atoms with E-state index < -0.39 is 6.10 Å². The minimum atomic E-state index is -0.570. The van der Waals surface area contributed by atoms with E-state index in [1.54, 1.807) is 0 Å². The Balaban J connectivity index is 3.50. The van der Waals surface area contributed by atoms with Crippen molar-refractivity contribution in [2.24, 2.45) is 5.16 Å². The lowest BCUT2D eigenvalue weighted by Crippen LogP contribution is -2.20. The maximum absolute atomic E-state index is 10.4.